The van der Waals surface area contributed by atoms with Crippen molar-refractivity contribution in [3.8, 4) is 5.75 Å². The largest absolute Gasteiger partial charge is 0.491 e. The van der Waals surface area contributed by atoms with E-state index in [4.69, 9.17) is 10.5 Å². The number of nitrogens with two attached hydrogens (primary N) is 1. The molecule has 1 atom stereocenters. The van der Waals surface area contributed by atoms with Crippen molar-refractivity contribution < 1.29 is 13.8 Å². The van der Waals surface area contributed by atoms with Gasteiger partial charge in [0.05, 0.1) is 11.3 Å². The number of nitrogens with one attached hydrogen (secondary N) is 2. The van der Waals surface area contributed by atoms with Gasteiger partial charge in [0.1, 0.15) is 12.4 Å². The van der Waals surface area contributed by atoms with Crippen LogP contribution in [0.2, 0.25) is 0 Å². The number of benzene rings is 1. The summed E-state index contributed by atoms with van der Waals surface area (Å²) < 4.78 is 31.4. The monoisotopic (exact) mass is 348 g/mol. The predicted octanol–water partition coefficient (Wildman–Crippen LogP) is 2.34. The summed E-state index contributed by atoms with van der Waals surface area (Å²) in [4.78, 5) is 0. The molecule has 0 amide bonds. The average Bonchev–Trinajstić information content (AvgIpc) is 2.44. The molecule has 0 spiro atoms. The minimum absolute atomic E-state index is 0. The SMILES string of the molecule is Cl.NC1=NS(O)(O)Nc2cccc(OC[C@H]3CCCCN3)c21. The molecule has 9 heteroatoms. The minimum atomic E-state index is -3.25. The minimum Gasteiger partial charge on any atom is -0.491 e. The van der Waals surface area contributed by atoms with E-state index in [0.29, 0.717) is 29.6 Å². The molecule has 0 bridgehead atoms. The first kappa shape index (κ1) is 17.2. The van der Waals surface area contributed by atoms with Gasteiger partial charge in [-0.3, -0.25) is 13.8 Å². The van der Waals surface area contributed by atoms with Crippen molar-refractivity contribution in [2.75, 3.05) is 17.9 Å². The van der Waals surface area contributed by atoms with Crippen molar-refractivity contribution in [1.29, 1.82) is 0 Å². The second-order valence-electron chi connectivity index (χ2n) is 5.23. The third-order valence-corrected chi connectivity index (χ3v) is 4.55. The van der Waals surface area contributed by atoms with Crippen LogP contribution in [0.5, 0.6) is 5.75 Å². The molecule has 7 nitrogen and oxygen atoms in total. The summed E-state index contributed by atoms with van der Waals surface area (Å²) in [7, 11) is -3.25. The van der Waals surface area contributed by atoms with E-state index in [1.807, 2.05) is 6.07 Å². The van der Waals surface area contributed by atoms with Crippen molar-refractivity contribution in [2.45, 2.75) is 25.3 Å². The highest BCUT2D eigenvalue weighted by atomic mass is 35.5. The summed E-state index contributed by atoms with van der Waals surface area (Å²) >= 11 is 0. The van der Waals surface area contributed by atoms with Crippen LogP contribution >= 0.6 is 23.4 Å². The van der Waals surface area contributed by atoms with Gasteiger partial charge in [0.25, 0.3) is 0 Å². The molecule has 0 radical (unpaired) electrons. The number of hydrogen-bond acceptors (Lipinski definition) is 7. The predicted molar refractivity (Wildman–Crippen MR) is 92.0 cm³/mol. The van der Waals surface area contributed by atoms with Gasteiger partial charge in [0, 0.05) is 6.04 Å². The van der Waals surface area contributed by atoms with Crippen LogP contribution in [0.3, 0.4) is 0 Å². The summed E-state index contributed by atoms with van der Waals surface area (Å²) in [6.07, 6.45) is 3.51. The molecule has 22 heavy (non-hydrogen) atoms. The molecule has 1 aromatic rings. The number of anilines is 1. The number of halogens is 1. The zero-order valence-corrected chi connectivity index (χ0v) is 13.6. The Balaban J connectivity index is 0.00000176. The van der Waals surface area contributed by atoms with Gasteiger partial charge >= 0.3 is 0 Å². The van der Waals surface area contributed by atoms with Crippen molar-refractivity contribution >= 4 is 34.9 Å². The second kappa shape index (κ2) is 6.93. The van der Waals surface area contributed by atoms with Crippen molar-refractivity contribution in [3.05, 3.63) is 23.8 Å². The van der Waals surface area contributed by atoms with Gasteiger partial charge in [-0.1, -0.05) is 12.5 Å². The topological polar surface area (TPSA) is 112 Å². The average molecular weight is 349 g/mol. The number of amidine groups is 1. The number of piperidine rings is 1. The number of fused-ring (bicyclic) bond motifs is 1. The van der Waals surface area contributed by atoms with Gasteiger partial charge in [0.2, 0.25) is 0 Å². The van der Waals surface area contributed by atoms with Crippen LogP contribution in [-0.2, 0) is 0 Å². The van der Waals surface area contributed by atoms with Crippen LogP contribution in [0.4, 0.5) is 5.69 Å². The normalized spacial score (nSPS) is 24.1. The Morgan fingerprint density at radius 2 is 2.18 bits per heavy atom. The summed E-state index contributed by atoms with van der Waals surface area (Å²) in [5, 5.41) is 3.42. The maximum Gasteiger partial charge on any atom is 0.158 e. The third kappa shape index (κ3) is 3.76. The molecular formula is C13H21ClN4O3S. The lowest BCUT2D eigenvalue weighted by Gasteiger charge is -2.33. The van der Waals surface area contributed by atoms with E-state index < -0.39 is 11.0 Å². The number of ether oxygens (including phenoxy) is 1. The van der Waals surface area contributed by atoms with Crippen LogP contribution in [0.15, 0.2) is 22.6 Å². The highest BCUT2D eigenvalue weighted by molar-refractivity contribution is 8.24. The van der Waals surface area contributed by atoms with Crippen LogP contribution in [0.1, 0.15) is 24.8 Å². The summed E-state index contributed by atoms with van der Waals surface area (Å²) in [5.74, 6) is 0.680. The lowest BCUT2D eigenvalue weighted by Crippen LogP contribution is -2.38. The van der Waals surface area contributed by atoms with Crippen LogP contribution < -0.4 is 20.5 Å². The van der Waals surface area contributed by atoms with E-state index in [9.17, 15) is 9.11 Å². The highest BCUT2D eigenvalue weighted by Gasteiger charge is 2.25. The quantitative estimate of drug-likeness (QED) is 0.573. The first-order chi connectivity index (χ1) is 10.1. The van der Waals surface area contributed by atoms with Crippen LogP contribution in [0, 0.1) is 0 Å². The van der Waals surface area contributed by atoms with Gasteiger partial charge in [-0.2, -0.15) is 0 Å². The van der Waals surface area contributed by atoms with Crippen molar-refractivity contribution in [2.24, 2.45) is 10.1 Å². The molecule has 124 valence electrons. The lowest BCUT2D eigenvalue weighted by atomic mass is 10.1. The molecule has 1 aromatic carbocycles. The fraction of sp³-hybridized carbons (Fsp3) is 0.462. The maximum absolute atomic E-state index is 9.63. The number of nitrogens with zero attached hydrogens (tertiary/aromatic N) is 1. The summed E-state index contributed by atoms with van der Waals surface area (Å²) in [6, 6.07) is 5.65. The van der Waals surface area contributed by atoms with E-state index in [1.54, 1.807) is 12.1 Å². The summed E-state index contributed by atoms with van der Waals surface area (Å²) in [6.45, 7) is 1.58. The Hall–Kier alpha value is -1.19. The standard InChI is InChI=1S/C13H20N4O3S.ClH/c14-13-12-10(16-21(18,19)17-13)5-3-6-11(12)20-8-9-4-1-2-7-15-9;/h3,5-6,9,15-16,18-19H,1-2,4,7-8H2,(H2,14,17);1H/t9-;/m1./s1. The Bertz CT molecular complexity index is 564. The molecule has 0 aromatic heterocycles. The summed E-state index contributed by atoms with van der Waals surface area (Å²) in [5.41, 5.74) is 6.95. The molecule has 2 aliphatic heterocycles. The Morgan fingerprint density at radius 1 is 1.36 bits per heavy atom. The molecule has 0 aliphatic carbocycles. The highest BCUT2D eigenvalue weighted by Crippen LogP contribution is 2.46. The van der Waals surface area contributed by atoms with Gasteiger partial charge in [-0.05, 0) is 42.5 Å². The zero-order chi connectivity index (χ0) is 14.9. The molecule has 2 aliphatic rings. The van der Waals surface area contributed by atoms with Gasteiger partial charge in [0.15, 0.2) is 5.84 Å². The van der Waals surface area contributed by atoms with E-state index in [2.05, 4.69) is 14.4 Å². The van der Waals surface area contributed by atoms with Crippen LogP contribution in [0.25, 0.3) is 0 Å². The smallest absolute Gasteiger partial charge is 0.158 e. The number of rotatable bonds is 3. The lowest BCUT2D eigenvalue weighted by molar-refractivity contribution is 0.239. The fourth-order valence-corrected chi connectivity index (χ4v) is 3.49. The third-order valence-electron chi connectivity index (χ3n) is 3.61. The zero-order valence-electron chi connectivity index (χ0n) is 12.0. The Kier molecular flexibility index (Phi) is 5.41. The maximum atomic E-state index is 9.63. The molecule has 3 rings (SSSR count). The first-order valence-electron chi connectivity index (χ1n) is 6.96. The first-order valence-corrected chi connectivity index (χ1v) is 8.46. The second-order valence-corrected chi connectivity index (χ2v) is 6.66. The van der Waals surface area contributed by atoms with Crippen molar-refractivity contribution in [1.82, 2.24) is 5.32 Å². The van der Waals surface area contributed by atoms with Gasteiger partial charge in [-0.25, -0.2) is 0 Å². The van der Waals surface area contributed by atoms with Crippen molar-refractivity contribution in [3.63, 3.8) is 0 Å². The molecule has 2 heterocycles. The van der Waals surface area contributed by atoms with E-state index >= 15 is 0 Å². The Labute approximate surface area is 137 Å². The van der Waals surface area contributed by atoms with E-state index in [1.165, 1.54) is 12.8 Å². The number of hydrogen-bond donors (Lipinski definition) is 5. The molecule has 1 fully saturated rings. The van der Waals surface area contributed by atoms with Gasteiger partial charge in [-0.15, -0.1) is 16.8 Å². The molecule has 1 saturated heterocycles. The van der Waals surface area contributed by atoms with Crippen LogP contribution in [-0.4, -0.2) is 34.1 Å². The van der Waals surface area contributed by atoms with E-state index in [-0.39, 0.29) is 18.2 Å². The molecule has 0 unspecified atom stereocenters. The Morgan fingerprint density at radius 3 is 2.91 bits per heavy atom. The molecule has 0 saturated carbocycles. The fourth-order valence-electron chi connectivity index (χ4n) is 2.61. The molecule has 6 N–H and O–H groups in total. The van der Waals surface area contributed by atoms with E-state index in [0.717, 1.165) is 13.0 Å². The molecular weight excluding hydrogens is 328 g/mol. The van der Waals surface area contributed by atoms with Gasteiger partial charge < -0.3 is 15.8 Å².